The number of hydrogen-bond acceptors (Lipinski definition) is 0. The molecule has 0 amide bonds. The molecule has 32 valence electrons. The van der Waals surface area contributed by atoms with Crippen molar-refractivity contribution in [2.24, 2.45) is 0 Å². The van der Waals surface area contributed by atoms with Crippen molar-refractivity contribution in [3.63, 3.8) is 0 Å². The van der Waals surface area contributed by atoms with Crippen molar-refractivity contribution in [1.82, 2.24) is 0 Å². The second-order valence-corrected chi connectivity index (χ2v) is 0. The van der Waals surface area contributed by atoms with Crippen LogP contribution in [0.5, 0.6) is 0 Å². The molecule has 0 bridgehead atoms. The quantitative estimate of drug-likeness (QED) is 0.383. The summed E-state index contributed by atoms with van der Waals surface area (Å²) in [6.45, 7) is 0. The van der Waals surface area contributed by atoms with Crippen LogP contribution in [0.15, 0.2) is 0 Å². The minimum Gasteiger partial charge on any atom is -1.00 e. The topological polar surface area (TPSA) is 0 Å². The minimum absolute atomic E-state index is 0. The van der Waals surface area contributed by atoms with Crippen LogP contribution in [0.1, 0.15) is 0 Å². The zero-order chi connectivity index (χ0) is 0. The third-order valence-corrected chi connectivity index (χ3v) is 0. The van der Waals surface area contributed by atoms with Gasteiger partial charge in [-0.3, -0.25) is 0 Å². The van der Waals surface area contributed by atoms with Gasteiger partial charge in [0.15, 0.2) is 0 Å². The Morgan fingerprint density at radius 1 is 0.600 bits per heavy atom. The predicted molar refractivity (Wildman–Crippen MR) is 6.41 cm³/mol. The third kappa shape index (κ3) is 21.9. The van der Waals surface area contributed by atoms with E-state index in [-0.39, 0.29) is 84.6 Å². The SMILES string of the molecule is [Br-].[Br-].[Br-].[CH3-].[Zr+4]. The van der Waals surface area contributed by atoms with Gasteiger partial charge in [0.1, 0.15) is 0 Å². The van der Waals surface area contributed by atoms with Gasteiger partial charge in [-0.15, -0.1) is 0 Å². The predicted octanol–water partition coefficient (Wildman–Crippen LogP) is -8.54. The smallest absolute Gasteiger partial charge is 1.00 e. The first-order chi connectivity index (χ1) is 0. The van der Waals surface area contributed by atoms with E-state index in [2.05, 4.69) is 0 Å². The number of hydrogen-bond donors (Lipinski definition) is 0. The molecule has 0 aromatic rings. The second-order valence-electron chi connectivity index (χ2n) is 0. The summed E-state index contributed by atoms with van der Waals surface area (Å²) in [6.07, 6.45) is 0. The van der Waals surface area contributed by atoms with Crippen molar-refractivity contribution < 1.29 is 77.1 Å². The van der Waals surface area contributed by atoms with Crippen LogP contribution < -0.4 is 50.9 Å². The molecule has 0 nitrogen and oxygen atoms in total. The average molecular weight is 346 g/mol. The zero-order valence-electron chi connectivity index (χ0n) is 2.63. The first-order valence-electron chi connectivity index (χ1n) is 0. The van der Waals surface area contributed by atoms with Crippen LogP contribution in [0.3, 0.4) is 0 Å². The average Bonchev–Trinajstić information content (AvgIpc) is 0. The summed E-state index contributed by atoms with van der Waals surface area (Å²) in [5.41, 5.74) is 0. The van der Waals surface area contributed by atoms with Gasteiger partial charge in [0.2, 0.25) is 0 Å². The Kier molecular flexibility index (Phi) is 360. The molecular weight excluding hydrogens is 343 g/mol. The molecule has 0 atom stereocenters. The van der Waals surface area contributed by atoms with E-state index in [1.165, 1.54) is 0 Å². The van der Waals surface area contributed by atoms with Crippen LogP contribution in [-0.2, 0) is 26.2 Å². The van der Waals surface area contributed by atoms with Gasteiger partial charge in [0.25, 0.3) is 0 Å². The Hall–Kier alpha value is 2.32. The normalized spacial score (nSPS) is 0. The van der Waals surface area contributed by atoms with Crippen molar-refractivity contribution in [3.8, 4) is 0 Å². The monoisotopic (exact) mass is 342 g/mol. The summed E-state index contributed by atoms with van der Waals surface area (Å²) >= 11 is 0. The van der Waals surface area contributed by atoms with Gasteiger partial charge in [-0.25, -0.2) is 0 Å². The second kappa shape index (κ2) is 33.2. The summed E-state index contributed by atoms with van der Waals surface area (Å²) < 4.78 is 0. The van der Waals surface area contributed by atoms with Crippen molar-refractivity contribution in [1.29, 1.82) is 0 Å². The van der Waals surface area contributed by atoms with Crippen molar-refractivity contribution in [2.45, 2.75) is 0 Å². The maximum absolute atomic E-state index is 0. The van der Waals surface area contributed by atoms with Crippen LogP contribution in [0.2, 0.25) is 0 Å². The summed E-state index contributed by atoms with van der Waals surface area (Å²) in [4.78, 5) is 0. The summed E-state index contributed by atoms with van der Waals surface area (Å²) in [5, 5.41) is 0. The molecule has 5 heavy (non-hydrogen) atoms. The van der Waals surface area contributed by atoms with E-state index in [0.717, 1.165) is 0 Å². The molecule has 0 spiro atoms. The molecule has 4 heteroatoms. The van der Waals surface area contributed by atoms with E-state index in [0.29, 0.717) is 0 Å². The van der Waals surface area contributed by atoms with Crippen LogP contribution in [-0.4, -0.2) is 0 Å². The van der Waals surface area contributed by atoms with Crippen LogP contribution in [0, 0.1) is 7.43 Å². The molecule has 0 N–H and O–H groups in total. The molecule has 0 aliphatic rings. The van der Waals surface area contributed by atoms with Gasteiger partial charge in [-0.2, -0.15) is 0 Å². The maximum Gasteiger partial charge on any atom is 4.00 e. The summed E-state index contributed by atoms with van der Waals surface area (Å²) in [7, 11) is 0. The Balaban J connectivity index is 0. The molecule has 0 heterocycles. The zero-order valence-corrected chi connectivity index (χ0v) is 9.85. The van der Waals surface area contributed by atoms with E-state index in [4.69, 9.17) is 0 Å². The van der Waals surface area contributed by atoms with Gasteiger partial charge in [-0.1, -0.05) is 0 Å². The summed E-state index contributed by atoms with van der Waals surface area (Å²) in [6, 6.07) is 0. The van der Waals surface area contributed by atoms with Crippen molar-refractivity contribution in [3.05, 3.63) is 7.43 Å². The fourth-order valence-corrected chi connectivity index (χ4v) is 0. The van der Waals surface area contributed by atoms with Crippen molar-refractivity contribution in [2.75, 3.05) is 0 Å². The first kappa shape index (κ1) is 54.3. The largest absolute Gasteiger partial charge is 4.00 e. The first-order valence-corrected chi connectivity index (χ1v) is 0. The van der Waals surface area contributed by atoms with Gasteiger partial charge in [-0.05, 0) is 0 Å². The minimum atomic E-state index is 0. The fourth-order valence-electron chi connectivity index (χ4n) is 0. The van der Waals surface area contributed by atoms with Gasteiger partial charge in [0, 0.05) is 0 Å². The van der Waals surface area contributed by atoms with E-state index in [1.54, 1.807) is 0 Å². The molecule has 0 rings (SSSR count). The van der Waals surface area contributed by atoms with E-state index in [9.17, 15) is 0 Å². The Bertz CT molecular complexity index is 6.85. The Labute approximate surface area is 83.5 Å². The van der Waals surface area contributed by atoms with E-state index < -0.39 is 0 Å². The van der Waals surface area contributed by atoms with Gasteiger partial charge >= 0.3 is 26.2 Å². The third-order valence-electron chi connectivity index (χ3n) is 0. The molecule has 0 aliphatic carbocycles. The summed E-state index contributed by atoms with van der Waals surface area (Å²) in [5.74, 6) is 0. The number of halogens is 3. The fraction of sp³-hybridized carbons (Fsp3) is 0. The van der Waals surface area contributed by atoms with E-state index >= 15 is 0 Å². The molecule has 0 aromatic carbocycles. The van der Waals surface area contributed by atoms with Crippen LogP contribution in [0.25, 0.3) is 0 Å². The Morgan fingerprint density at radius 3 is 0.600 bits per heavy atom. The van der Waals surface area contributed by atoms with E-state index in [1.807, 2.05) is 0 Å². The maximum atomic E-state index is 0. The molecule has 0 radical (unpaired) electrons. The van der Waals surface area contributed by atoms with Crippen molar-refractivity contribution >= 4 is 0 Å². The standard InChI is InChI=1S/CH3.3BrH.Zr/h1H3;3*1H;/q-1;;;;+4/p-3. The number of rotatable bonds is 0. The molecular formula is CH3Br3Zr. The molecule has 0 fully saturated rings. The molecule has 0 unspecified atom stereocenters. The molecule has 0 saturated heterocycles. The molecule has 0 saturated carbocycles. The Morgan fingerprint density at radius 2 is 0.600 bits per heavy atom. The van der Waals surface area contributed by atoms with Gasteiger partial charge in [0.05, 0.1) is 0 Å². The molecule has 0 aliphatic heterocycles. The van der Waals surface area contributed by atoms with Gasteiger partial charge < -0.3 is 58.4 Å². The van der Waals surface area contributed by atoms with Crippen LogP contribution >= 0.6 is 0 Å². The van der Waals surface area contributed by atoms with Crippen LogP contribution in [0.4, 0.5) is 0 Å². The molecule has 0 aromatic heterocycles.